The summed E-state index contributed by atoms with van der Waals surface area (Å²) >= 11 is 0. The summed E-state index contributed by atoms with van der Waals surface area (Å²) in [5, 5.41) is 15.1. The van der Waals surface area contributed by atoms with E-state index < -0.39 is 23.5 Å². The second-order valence-corrected chi connectivity index (χ2v) is 10.1. The Hall–Kier alpha value is -1.89. The molecule has 7 nitrogen and oxygen atoms in total. The zero-order valence-electron chi connectivity index (χ0n) is 19.9. The molecule has 1 saturated heterocycles. The first kappa shape index (κ1) is 26.1. The van der Waals surface area contributed by atoms with Crippen molar-refractivity contribution >= 4 is 17.8 Å². The zero-order chi connectivity index (χ0) is 23.2. The molecule has 30 heavy (non-hydrogen) atoms. The molecule has 3 unspecified atom stereocenters. The van der Waals surface area contributed by atoms with Gasteiger partial charge in [0.1, 0.15) is 6.04 Å². The summed E-state index contributed by atoms with van der Waals surface area (Å²) in [5.74, 6) is -1.41. The molecule has 0 aliphatic carbocycles. The Morgan fingerprint density at radius 3 is 2.13 bits per heavy atom. The van der Waals surface area contributed by atoms with Gasteiger partial charge >= 0.3 is 5.97 Å². The van der Waals surface area contributed by atoms with E-state index >= 15 is 0 Å². The van der Waals surface area contributed by atoms with Crippen molar-refractivity contribution in [2.45, 2.75) is 98.8 Å². The van der Waals surface area contributed by atoms with Crippen LogP contribution in [0, 0.1) is 11.3 Å². The Balaban J connectivity index is 3.03. The van der Waals surface area contributed by atoms with E-state index in [0.717, 1.165) is 25.8 Å². The highest BCUT2D eigenvalue weighted by molar-refractivity contribution is 5.91. The van der Waals surface area contributed by atoms with Gasteiger partial charge in [0.15, 0.2) is 0 Å². The third-order valence-electron chi connectivity index (χ3n) is 5.72. The molecule has 1 aliphatic heterocycles. The van der Waals surface area contributed by atoms with Crippen molar-refractivity contribution in [2.24, 2.45) is 11.3 Å². The van der Waals surface area contributed by atoms with Crippen molar-refractivity contribution in [1.82, 2.24) is 15.5 Å². The molecule has 0 radical (unpaired) electrons. The number of carbonyl (C=O) groups excluding carboxylic acids is 2. The largest absolute Gasteiger partial charge is 0.478 e. The van der Waals surface area contributed by atoms with Gasteiger partial charge in [0, 0.05) is 11.6 Å². The molecular weight excluding hydrogens is 382 g/mol. The Kier molecular flexibility index (Phi) is 9.53. The number of aliphatic carboxylic acids is 1. The van der Waals surface area contributed by atoms with E-state index in [0.29, 0.717) is 0 Å². The molecule has 1 aliphatic rings. The maximum absolute atomic E-state index is 13.2. The molecule has 3 atom stereocenters. The molecule has 1 rings (SSSR count). The summed E-state index contributed by atoms with van der Waals surface area (Å²) < 4.78 is 0. The van der Waals surface area contributed by atoms with Crippen LogP contribution in [0.1, 0.15) is 74.7 Å². The first-order valence-electron chi connectivity index (χ1n) is 11.0. The lowest BCUT2D eigenvalue weighted by Crippen LogP contribution is -2.60. The van der Waals surface area contributed by atoms with E-state index in [1.54, 1.807) is 6.08 Å². The number of carbonyl (C=O) groups is 3. The first-order valence-corrected chi connectivity index (χ1v) is 11.0. The SMILES string of the molecule is C/C(=C\C(NC(=O)C(NC(=O)C1CCCCN1C(C)C)C(C)(C)C)C(C)C)C(=O)O. The molecule has 0 saturated carbocycles. The predicted octanol–water partition coefficient (Wildman–Crippen LogP) is 2.95. The minimum Gasteiger partial charge on any atom is -0.478 e. The predicted molar refractivity (Wildman–Crippen MR) is 119 cm³/mol. The van der Waals surface area contributed by atoms with Gasteiger partial charge < -0.3 is 15.7 Å². The average molecular weight is 424 g/mol. The van der Waals surface area contributed by atoms with Crippen LogP contribution < -0.4 is 10.6 Å². The minimum absolute atomic E-state index is 0.00865. The van der Waals surface area contributed by atoms with E-state index in [1.807, 2.05) is 34.6 Å². The van der Waals surface area contributed by atoms with Crippen molar-refractivity contribution < 1.29 is 19.5 Å². The number of hydrogen-bond acceptors (Lipinski definition) is 4. The van der Waals surface area contributed by atoms with Crippen molar-refractivity contribution in [3.05, 3.63) is 11.6 Å². The van der Waals surface area contributed by atoms with Gasteiger partial charge in [-0.15, -0.1) is 0 Å². The first-order chi connectivity index (χ1) is 13.8. The van der Waals surface area contributed by atoms with E-state index in [2.05, 4.69) is 29.4 Å². The van der Waals surface area contributed by atoms with E-state index in [-0.39, 0.29) is 35.4 Å². The number of carboxylic acids is 1. The summed E-state index contributed by atoms with van der Waals surface area (Å²) in [5.41, 5.74) is -0.315. The highest BCUT2D eigenvalue weighted by atomic mass is 16.4. The molecule has 0 aromatic rings. The number of piperidine rings is 1. The van der Waals surface area contributed by atoms with Crippen LogP contribution in [-0.4, -0.2) is 58.5 Å². The van der Waals surface area contributed by atoms with E-state index in [9.17, 15) is 19.5 Å². The molecule has 1 fully saturated rings. The Morgan fingerprint density at radius 1 is 1.07 bits per heavy atom. The fourth-order valence-corrected chi connectivity index (χ4v) is 3.76. The van der Waals surface area contributed by atoms with Crippen molar-refractivity contribution in [3.8, 4) is 0 Å². The molecule has 3 N–H and O–H groups in total. The van der Waals surface area contributed by atoms with Crippen molar-refractivity contribution in [2.75, 3.05) is 6.54 Å². The molecule has 0 aromatic carbocycles. The Labute approximate surface area is 181 Å². The molecule has 1 heterocycles. The van der Waals surface area contributed by atoms with Gasteiger partial charge in [-0.25, -0.2) is 4.79 Å². The molecular formula is C23H41N3O4. The van der Waals surface area contributed by atoms with Gasteiger partial charge in [0.2, 0.25) is 11.8 Å². The Bertz CT molecular complexity index is 649. The van der Waals surface area contributed by atoms with Gasteiger partial charge in [-0.2, -0.15) is 0 Å². The summed E-state index contributed by atoms with van der Waals surface area (Å²) in [6.07, 6.45) is 4.44. The molecule has 0 spiro atoms. The van der Waals surface area contributed by atoms with Crippen LogP contribution >= 0.6 is 0 Å². The van der Waals surface area contributed by atoms with Crippen LogP contribution in [0.2, 0.25) is 0 Å². The molecule has 2 amide bonds. The van der Waals surface area contributed by atoms with E-state index in [1.165, 1.54) is 6.92 Å². The number of hydrogen-bond donors (Lipinski definition) is 3. The number of rotatable bonds is 8. The van der Waals surface area contributed by atoms with Gasteiger partial charge in [-0.05, 0) is 51.5 Å². The fraction of sp³-hybridized carbons (Fsp3) is 0.783. The lowest BCUT2D eigenvalue weighted by molar-refractivity contribution is -0.136. The fourth-order valence-electron chi connectivity index (χ4n) is 3.76. The lowest BCUT2D eigenvalue weighted by Gasteiger charge is -2.39. The second kappa shape index (κ2) is 10.9. The summed E-state index contributed by atoms with van der Waals surface area (Å²) in [6, 6.07) is -1.12. The number of nitrogens with zero attached hydrogens (tertiary/aromatic N) is 1. The number of amides is 2. The van der Waals surface area contributed by atoms with Gasteiger partial charge in [0.25, 0.3) is 0 Å². The van der Waals surface area contributed by atoms with Crippen LogP contribution in [0.15, 0.2) is 11.6 Å². The van der Waals surface area contributed by atoms with Crippen molar-refractivity contribution in [3.63, 3.8) is 0 Å². The highest BCUT2D eigenvalue weighted by Gasteiger charge is 2.37. The van der Waals surface area contributed by atoms with Crippen LogP contribution in [0.4, 0.5) is 0 Å². The number of nitrogens with one attached hydrogen (secondary N) is 2. The maximum atomic E-state index is 13.2. The van der Waals surface area contributed by atoms with Crippen LogP contribution in [0.3, 0.4) is 0 Å². The molecule has 172 valence electrons. The third-order valence-corrected chi connectivity index (χ3v) is 5.72. The van der Waals surface area contributed by atoms with Crippen LogP contribution in [0.5, 0.6) is 0 Å². The smallest absolute Gasteiger partial charge is 0.331 e. The topological polar surface area (TPSA) is 98.7 Å². The summed E-state index contributed by atoms with van der Waals surface area (Å²) in [4.78, 5) is 39.7. The normalized spacial score (nSPS) is 20.7. The minimum atomic E-state index is -1.01. The summed E-state index contributed by atoms with van der Waals surface area (Å²) in [7, 11) is 0. The second-order valence-electron chi connectivity index (χ2n) is 10.1. The van der Waals surface area contributed by atoms with Gasteiger partial charge in [-0.1, -0.05) is 47.1 Å². The number of likely N-dealkylation sites (tertiary alicyclic amines) is 1. The third kappa shape index (κ3) is 7.42. The molecule has 0 bridgehead atoms. The van der Waals surface area contributed by atoms with Crippen LogP contribution in [0.25, 0.3) is 0 Å². The highest BCUT2D eigenvalue weighted by Crippen LogP contribution is 2.23. The monoisotopic (exact) mass is 423 g/mol. The van der Waals surface area contributed by atoms with Gasteiger partial charge in [0.05, 0.1) is 12.1 Å². The average Bonchev–Trinajstić information content (AvgIpc) is 2.63. The number of carboxylic acid groups (broad SMARTS) is 1. The summed E-state index contributed by atoms with van der Waals surface area (Å²) in [6.45, 7) is 16.2. The van der Waals surface area contributed by atoms with Crippen molar-refractivity contribution in [1.29, 1.82) is 0 Å². The van der Waals surface area contributed by atoms with Crippen LogP contribution in [-0.2, 0) is 14.4 Å². The Morgan fingerprint density at radius 2 is 1.67 bits per heavy atom. The zero-order valence-corrected chi connectivity index (χ0v) is 19.9. The molecule has 7 heteroatoms. The van der Waals surface area contributed by atoms with Gasteiger partial charge in [-0.3, -0.25) is 14.5 Å². The standard InChI is InChI=1S/C23H41N3O4/c1-14(2)17(13-16(5)22(29)30)24-21(28)19(23(6,7)8)25-20(27)18-11-9-10-12-26(18)15(3)4/h13-15,17-19H,9-12H2,1-8H3,(H,24,28)(H,25,27)(H,29,30)/b16-13+. The maximum Gasteiger partial charge on any atom is 0.331 e. The quantitative estimate of drug-likeness (QED) is 0.521. The molecule has 0 aromatic heterocycles. The van der Waals surface area contributed by atoms with E-state index in [4.69, 9.17) is 0 Å². The lowest BCUT2D eigenvalue weighted by atomic mass is 9.85.